The van der Waals surface area contributed by atoms with E-state index in [2.05, 4.69) is 39.0 Å². The zero-order valence-electron chi connectivity index (χ0n) is 21.0. The van der Waals surface area contributed by atoms with E-state index in [1.807, 2.05) is 48.5 Å². The summed E-state index contributed by atoms with van der Waals surface area (Å²) in [6.07, 6.45) is -2.97. The molecule has 0 bridgehead atoms. The molecular formula is C30H23F3N4O2S. The minimum atomic E-state index is -4.44. The molecule has 0 fully saturated rings. The van der Waals surface area contributed by atoms with Crippen LogP contribution < -0.4 is 15.5 Å². The number of amides is 1. The van der Waals surface area contributed by atoms with Crippen LogP contribution in [-0.4, -0.2) is 17.1 Å². The third-order valence-electron chi connectivity index (χ3n) is 5.91. The number of rotatable bonds is 9. The maximum absolute atomic E-state index is 12.9. The van der Waals surface area contributed by atoms with E-state index < -0.39 is 11.7 Å². The van der Waals surface area contributed by atoms with Crippen molar-refractivity contribution in [3.05, 3.63) is 119 Å². The fourth-order valence-corrected chi connectivity index (χ4v) is 4.74. The zero-order chi connectivity index (χ0) is 28.0. The molecule has 0 radical (unpaired) electrons. The van der Waals surface area contributed by atoms with Gasteiger partial charge in [0.2, 0.25) is 5.91 Å². The predicted molar refractivity (Wildman–Crippen MR) is 151 cm³/mol. The molecule has 0 spiro atoms. The molecule has 1 heterocycles. The van der Waals surface area contributed by atoms with Gasteiger partial charge >= 0.3 is 6.18 Å². The number of thiazole rings is 1. The molecule has 0 aliphatic carbocycles. The first-order valence-electron chi connectivity index (χ1n) is 12.2. The lowest BCUT2D eigenvalue weighted by Crippen LogP contribution is -2.20. The van der Waals surface area contributed by atoms with E-state index in [0.29, 0.717) is 28.7 Å². The zero-order valence-corrected chi connectivity index (χ0v) is 21.8. The van der Waals surface area contributed by atoms with E-state index in [4.69, 9.17) is 4.74 Å². The number of carbonyl (C=O) groups is 1. The van der Waals surface area contributed by atoms with Crippen molar-refractivity contribution < 1.29 is 22.7 Å². The Balaban J connectivity index is 1.16. The van der Waals surface area contributed by atoms with E-state index in [1.165, 1.54) is 29.7 Å². The van der Waals surface area contributed by atoms with Crippen molar-refractivity contribution in [2.24, 2.45) is 5.10 Å². The van der Waals surface area contributed by atoms with Gasteiger partial charge in [-0.1, -0.05) is 60.7 Å². The van der Waals surface area contributed by atoms with Crippen LogP contribution in [0.4, 0.5) is 24.0 Å². The van der Waals surface area contributed by atoms with E-state index in [0.717, 1.165) is 28.5 Å². The second-order valence-corrected chi connectivity index (χ2v) is 9.64. The highest BCUT2D eigenvalue weighted by molar-refractivity contribution is 7.13. The molecule has 2 N–H and O–H groups in total. The topological polar surface area (TPSA) is 75.6 Å². The lowest BCUT2D eigenvalue weighted by Gasteiger charge is -2.11. The molecule has 1 amide bonds. The highest BCUT2D eigenvalue weighted by Gasteiger charge is 2.30. The Morgan fingerprint density at radius 2 is 1.75 bits per heavy atom. The summed E-state index contributed by atoms with van der Waals surface area (Å²) in [6, 6.07) is 26.4. The SMILES string of the molecule is O=C(Cc1csc(Nc2cccc(C(F)(F)F)c2)n1)N/N=C\c1ccccc1OCc1cccc2ccccc12. The van der Waals surface area contributed by atoms with Crippen LogP contribution in [0.5, 0.6) is 5.75 Å². The van der Waals surface area contributed by atoms with Crippen molar-refractivity contribution in [2.75, 3.05) is 5.32 Å². The van der Waals surface area contributed by atoms with Gasteiger partial charge in [-0.25, -0.2) is 10.4 Å². The second kappa shape index (κ2) is 12.0. The molecule has 0 saturated heterocycles. The molecule has 0 atom stereocenters. The second-order valence-electron chi connectivity index (χ2n) is 8.78. The van der Waals surface area contributed by atoms with Gasteiger partial charge in [-0.05, 0) is 46.7 Å². The summed E-state index contributed by atoms with van der Waals surface area (Å²) >= 11 is 1.19. The molecule has 5 aromatic rings. The minimum Gasteiger partial charge on any atom is -0.488 e. The molecule has 0 unspecified atom stereocenters. The highest BCUT2D eigenvalue weighted by Crippen LogP contribution is 2.32. The van der Waals surface area contributed by atoms with E-state index in [1.54, 1.807) is 5.38 Å². The first kappa shape index (κ1) is 26.9. The standard InChI is InChI=1S/C30H23F3N4O2S/c31-30(32,33)23-11-6-12-24(15-23)35-29-36-25(19-40-29)16-28(38)37-34-17-21-8-2-4-14-27(21)39-18-22-10-5-9-20-7-1-3-13-26(20)22/h1-15,17,19H,16,18H2,(H,35,36)(H,37,38)/b34-17-. The number of alkyl halides is 3. The van der Waals surface area contributed by atoms with Crippen molar-refractivity contribution in [1.82, 2.24) is 10.4 Å². The van der Waals surface area contributed by atoms with Gasteiger partial charge in [-0.2, -0.15) is 18.3 Å². The first-order valence-corrected chi connectivity index (χ1v) is 13.1. The Kier molecular flexibility index (Phi) is 8.07. The number of aromatic nitrogens is 1. The Morgan fingerprint density at radius 1 is 0.975 bits per heavy atom. The molecule has 202 valence electrons. The Bertz CT molecular complexity index is 1660. The maximum Gasteiger partial charge on any atom is 0.416 e. The van der Waals surface area contributed by atoms with Crippen molar-refractivity contribution in [2.45, 2.75) is 19.2 Å². The third kappa shape index (κ3) is 6.83. The van der Waals surface area contributed by atoms with Gasteiger partial charge in [0.15, 0.2) is 5.13 Å². The summed E-state index contributed by atoms with van der Waals surface area (Å²) in [5, 5.41) is 11.2. The van der Waals surface area contributed by atoms with Crippen molar-refractivity contribution in [3.8, 4) is 5.75 Å². The minimum absolute atomic E-state index is 0.0443. The molecule has 40 heavy (non-hydrogen) atoms. The van der Waals surface area contributed by atoms with Crippen LogP contribution >= 0.6 is 11.3 Å². The summed E-state index contributed by atoms with van der Waals surface area (Å²) < 4.78 is 44.9. The average molecular weight is 561 g/mol. The summed E-state index contributed by atoms with van der Waals surface area (Å²) in [5.41, 5.74) is 4.20. The van der Waals surface area contributed by atoms with Crippen LogP contribution in [0.15, 0.2) is 101 Å². The van der Waals surface area contributed by atoms with Crippen LogP contribution in [0.1, 0.15) is 22.4 Å². The number of carbonyl (C=O) groups excluding carboxylic acids is 1. The van der Waals surface area contributed by atoms with Crippen LogP contribution in [0.25, 0.3) is 10.8 Å². The van der Waals surface area contributed by atoms with E-state index in [9.17, 15) is 18.0 Å². The number of halogens is 3. The molecule has 0 aliphatic heterocycles. The Hall–Kier alpha value is -4.70. The summed E-state index contributed by atoms with van der Waals surface area (Å²) in [6.45, 7) is 0.374. The highest BCUT2D eigenvalue weighted by atomic mass is 32.1. The number of hydrogen-bond donors (Lipinski definition) is 2. The quantitative estimate of drug-likeness (QED) is 0.146. The van der Waals surface area contributed by atoms with Gasteiger partial charge in [0.05, 0.1) is 23.9 Å². The number of hydrogen-bond acceptors (Lipinski definition) is 6. The maximum atomic E-state index is 12.9. The average Bonchev–Trinajstić information content (AvgIpc) is 3.38. The number of fused-ring (bicyclic) bond motifs is 1. The number of benzene rings is 4. The normalized spacial score (nSPS) is 11.6. The lowest BCUT2D eigenvalue weighted by molar-refractivity contribution is -0.137. The molecule has 4 aromatic carbocycles. The lowest BCUT2D eigenvalue weighted by atomic mass is 10.1. The molecule has 6 nitrogen and oxygen atoms in total. The van der Waals surface area contributed by atoms with Gasteiger partial charge in [0, 0.05) is 16.6 Å². The Morgan fingerprint density at radius 3 is 2.62 bits per heavy atom. The fourth-order valence-electron chi connectivity index (χ4n) is 4.01. The predicted octanol–water partition coefficient (Wildman–Crippen LogP) is 7.33. The third-order valence-corrected chi connectivity index (χ3v) is 6.72. The van der Waals surface area contributed by atoms with Crippen LogP contribution in [0.3, 0.4) is 0 Å². The fraction of sp³-hybridized carbons (Fsp3) is 0.100. The smallest absolute Gasteiger partial charge is 0.416 e. The molecule has 0 saturated carbocycles. The monoisotopic (exact) mass is 560 g/mol. The van der Waals surface area contributed by atoms with Gasteiger partial charge in [0.25, 0.3) is 0 Å². The van der Waals surface area contributed by atoms with E-state index >= 15 is 0 Å². The first-order chi connectivity index (χ1) is 19.3. The van der Waals surface area contributed by atoms with Crippen molar-refractivity contribution >= 4 is 45.0 Å². The van der Waals surface area contributed by atoms with Crippen LogP contribution in [0, 0.1) is 0 Å². The van der Waals surface area contributed by atoms with E-state index in [-0.39, 0.29) is 18.0 Å². The number of nitrogens with one attached hydrogen (secondary N) is 2. The summed E-state index contributed by atoms with van der Waals surface area (Å²) in [4.78, 5) is 16.7. The van der Waals surface area contributed by atoms with Gasteiger partial charge < -0.3 is 10.1 Å². The number of para-hydroxylation sites is 1. The molecule has 1 aromatic heterocycles. The summed E-state index contributed by atoms with van der Waals surface area (Å²) in [5.74, 6) is 0.236. The Labute approximate surface area is 232 Å². The number of anilines is 2. The molecule has 5 rings (SSSR count). The van der Waals surface area contributed by atoms with Crippen LogP contribution in [0.2, 0.25) is 0 Å². The number of hydrazone groups is 1. The number of nitrogens with zero attached hydrogens (tertiary/aromatic N) is 2. The molecular weight excluding hydrogens is 537 g/mol. The van der Waals surface area contributed by atoms with Gasteiger partial charge in [-0.15, -0.1) is 11.3 Å². The van der Waals surface area contributed by atoms with Gasteiger partial charge in [-0.3, -0.25) is 4.79 Å². The van der Waals surface area contributed by atoms with Crippen molar-refractivity contribution in [3.63, 3.8) is 0 Å². The largest absolute Gasteiger partial charge is 0.488 e. The van der Waals surface area contributed by atoms with Crippen molar-refractivity contribution in [1.29, 1.82) is 0 Å². The van der Waals surface area contributed by atoms with Gasteiger partial charge in [0.1, 0.15) is 12.4 Å². The molecule has 0 aliphatic rings. The molecule has 10 heteroatoms. The number of ether oxygens (including phenoxy) is 1. The van der Waals surface area contributed by atoms with Crippen LogP contribution in [-0.2, 0) is 24.0 Å². The summed E-state index contributed by atoms with van der Waals surface area (Å²) in [7, 11) is 0.